The van der Waals surface area contributed by atoms with Crippen LogP contribution in [0.4, 0.5) is 0 Å². The quantitative estimate of drug-likeness (QED) is 0.160. The molecule has 0 N–H and O–H groups in total. The van der Waals surface area contributed by atoms with E-state index in [1.807, 2.05) is 0 Å². The van der Waals surface area contributed by atoms with Crippen LogP contribution in [0.15, 0.2) is 12.7 Å². The fourth-order valence-electron chi connectivity index (χ4n) is 1.07. The molecule has 0 spiro atoms. The van der Waals surface area contributed by atoms with Gasteiger partial charge in [-0.15, -0.1) is 0 Å². The molecule has 0 heterocycles. The first-order valence-corrected chi connectivity index (χ1v) is 6.63. The smallest absolute Gasteiger partial charge is 0.330 e. The lowest BCUT2D eigenvalue weighted by Gasteiger charge is -2.29. The van der Waals surface area contributed by atoms with Crippen LogP contribution in [0.25, 0.3) is 0 Å². The standard InChI is InChI=1S/C11H22O6Si/c1-4-10(12)15-9-11(18,16-7-5-13-2)17-8-6-14-3/h4H,1,5-9H2,2-3,18H3. The van der Waals surface area contributed by atoms with Gasteiger partial charge in [0.25, 0.3) is 0 Å². The largest absolute Gasteiger partial charge is 0.457 e. The van der Waals surface area contributed by atoms with Crippen molar-refractivity contribution in [3.8, 4) is 0 Å². The van der Waals surface area contributed by atoms with Crippen LogP contribution in [0.3, 0.4) is 0 Å². The van der Waals surface area contributed by atoms with Gasteiger partial charge in [-0.2, -0.15) is 0 Å². The Morgan fingerprint density at radius 1 is 1.17 bits per heavy atom. The van der Waals surface area contributed by atoms with Gasteiger partial charge in [0.15, 0.2) is 5.41 Å². The molecule has 0 bridgehead atoms. The summed E-state index contributed by atoms with van der Waals surface area (Å²) in [5.41, 5.74) is -0.879. The summed E-state index contributed by atoms with van der Waals surface area (Å²) in [5.74, 6) is -0.499. The van der Waals surface area contributed by atoms with Crippen LogP contribution >= 0.6 is 0 Å². The zero-order chi connectivity index (χ0) is 13.9. The Morgan fingerprint density at radius 3 is 2.06 bits per heavy atom. The molecule has 106 valence electrons. The summed E-state index contributed by atoms with van der Waals surface area (Å²) in [7, 11) is 3.71. The third-order valence-electron chi connectivity index (χ3n) is 2.03. The van der Waals surface area contributed by atoms with Crippen LogP contribution < -0.4 is 0 Å². The molecule has 0 radical (unpaired) electrons. The molecule has 0 amide bonds. The lowest BCUT2D eigenvalue weighted by atomic mass is 10.6. The molecule has 0 fully saturated rings. The van der Waals surface area contributed by atoms with Gasteiger partial charge in [0.2, 0.25) is 0 Å². The highest BCUT2D eigenvalue weighted by atomic mass is 28.1. The lowest BCUT2D eigenvalue weighted by molar-refractivity contribution is -0.214. The first-order chi connectivity index (χ1) is 8.58. The minimum atomic E-state index is -0.879. The lowest BCUT2D eigenvalue weighted by Crippen LogP contribution is -2.43. The van der Waals surface area contributed by atoms with E-state index < -0.39 is 11.4 Å². The number of hydrogen-bond donors (Lipinski definition) is 0. The number of methoxy groups -OCH3 is 2. The summed E-state index contributed by atoms with van der Waals surface area (Å²) in [6.07, 6.45) is 1.10. The monoisotopic (exact) mass is 278 g/mol. The molecule has 7 heteroatoms. The molecule has 0 aromatic rings. The Hall–Kier alpha value is -0.733. The molecule has 0 aliphatic rings. The normalized spacial score (nSPS) is 11.4. The molecule has 0 aliphatic carbocycles. The number of carbonyl (C=O) groups is 1. The average Bonchev–Trinajstić information content (AvgIpc) is 2.37. The van der Waals surface area contributed by atoms with Crippen molar-refractivity contribution in [3.05, 3.63) is 12.7 Å². The number of ether oxygens (including phenoxy) is 5. The average molecular weight is 278 g/mol. The molecule has 18 heavy (non-hydrogen) atoms. The van der Waals surface area contributed by atoms with Crippen molar-refractivity contribution in [2.75, 3.05) is 47.3 Å². The Bertz CT molecular complexity index is 236. The van der Waals surface area contributed by atoms with Gasteiger partial charge in [-0.3, -0.25) is 0 Å². The summed E-state index contributed by atoms with van der Waals surface area (Å²) >= 11 is 0. The predicted octanol–water partition coefficient (Wildman–Crippen LogP) is -0.939. The second kappa shape index (κ2) is 10.2. The highest BCUT2D eigenvalue weighted by Crippen LogP contribution is 2.10. The summed E-state index contributed by atoms with van der Waals surface area (Å²) in [5, 5.41) is 0. The van der Waals surface area contributed by atoms with Crippen molar-refractivity contribution in [1.82, 2.24) is 0 Å². The number of rotatable bonds is 11. The van der Waals surface area contributed by atoms with Crippen LogP contribution in [0.5, 0.6) is 0 Å². The maximum Gasteiger partial charge on any atom is 0.330 e. The minimum absolute atomic E-state index is 0.0392. The molecule has 0 aromatic carbocycles. The number of esters is 1. The van der Waals surface area contributed by atoms with E-state index in [0.29, 0.717) is 36.7 Å². The van der Waals surface area contributed by atoms with Crippen molar-refractivity contribution >= 4 is 16.2 Å². The van der Waals surface area contributed by atoms with Crippen molar-refractivity contribution in [2.24, 2.45) is 0 Å². The van der Waals surface area contributed by atoms with Gasteiger partial charge < -0.3 is 23.7 Å². The van der Waals surface area contributed by atoms with E-state index >= 15 is 0 Å². The van der Waals surface area contributed by atoms with E-state index in [9.17, 15) is 4.79 Å². The first kappa shape index (κ1) is 17.3. The highest BCUT2D eigenvalue weighted by Gasteiger charge is 2.27. The second-order valence-electron chi connectivity index (χ2n) is 3.63. The van der Waals surface area contributed by atoms with E-state index in [1.54, 1.807) is 14.2 Å². The fraction of sp³-hybridized carbons (Fsp3) is 0.727. The fourth-order valence-corrected chi connectivity index (χ4v) is 1.62. The molecular weight excluding hydrogens is 256 g/mol. The van der Waals surface area contributed by atoms with Crippen LogP contribution in [-0.4, -0.2) is 68.9 Å². The molecule has 0 saturated carbocycles. The van der Waals surface area contributed by atoms with Crippen molar-refractivity contribution in [2.45, 2.75) is 5.41 Å². The molecule has 0 aliphatic heterocycles. The summed E-state index contributed by atoms with van der Waals surface area (Å²) in [6.45, 7) is 5.02. The summed E-state index contributed by atoms with van der Waals surface area (Å²) in [6, 6.07) is 0. The summed E-state index contributed by atoms with van der Waals surface area (Å²) < 4.78 is 25.9. The zero-order valence-electron chi connectivity index (χ0n) is 11.3. The molecule has 0 saturated heterocycles. The van der Waals surface area contributed by atoms with Crippen molar-refractivity contribution < 1.29 is 28.5 Å². The molecular formula is C11H22O6Si. The van der Waals surface area contributed by atoms with Gasteiger partial charge in [-0.25, -0.2) is 4.79 Å². The molecule has 0 atom stereocenters. The maximum atomic E-state index is 11.0. The van der Waals surface area contributed by atoms with E-state index in [-0.39, 0.29) is 6.61 Å². The zero-order valence-corrected chi connectivity index (χ0v) is 13.3. The van der Waals surface area contributed by atoms with E-state index in [1.165, 1.54) is 0 Å². The van der Waals surface area contributed by atoms with Crippen molar-refractivity contribution in [1.29, 1.82) is 0 Å². The molecule has 0 aromatic heterocycles. The summed E-state index contributed by atoms with van der Waals surface area (Å²) in [4.78, 5) is 11.0. The van der Waals surface area contributed by atoms with Gasteiger partial charge in [0, 0.05) is 20.3 Å². The van der Waals surface area contributed by atoms with E-state index in [2.05, 4.69) is 6.58 Å². The third kappa shape index (κ3) is 8.37. The van der Waals surface area contributed by atoms with Crippen LogP contribution in [0.2, 0.25) is 0 Å². The Kier molecular flexibility index (Phi) is 9.80. The van der Waals surface area contributed by atoms with Crippen molar-refractivity contribution in [3.63, 3.8) is 0 Å². The van der Waals surface area contributed by atoms with Crippen LogP contribution in [0, 0.1) is 0 Å². The van der Waals surface area contributed by atoms with E-state index in [0.717, 1.165) is 6.08 Å². The third-order valence-corrected chi connectivity index (χ3v) is 2.90. The van der Waals surface area contributed by atoms with Gasteiger partial charge in [-0.1, -0.05) is 6.58 Å². The topological polar surface area (TPSA) is 63.2 Å². The van der Waals surface area contributed by atoms with Gasteiger partial charge in [0.1, 0.15) is 6.61 Å². The van der Waals surface area contributed by atoms with E-state index in [4.69, 9.17) is 23.7 Å². The number of hydrogen-bond acceptors (Lipinski definition) is 6. The van der Waals surface area contributed by atoms with Gasteiger partial charge >= 0.3 is 5.97 Å². The Morgan fingerprint density at radius 2 is 1.67 bits per heavy atom. The Balaban J connectivity index is 4.18. The van der Waals surface area contributed by atoms with Crippen LogP contribution in [0.1, 0.15) is 0 Å². The first-order valence-electron chi connectivity index (χ1n) is 5.63. The number of carbonyl (C=O) groups excluding carboxylic acids is 1. The van der Waals surface area contributed by atoms with Crippen LogP contribution in [-0.2, 0) is 28.5 Å². The van der Waals surface area contributed by atoms with Gasteiger partial charge in [-0.05, 0) is 0 Å². The molecule has 0 unspecified atom stereocenters. The maximum absolute atomic E-state index is 11.0. The molecule has 6 nitrogen and oxygen atoms in total. The Labute approximate surface area is 111 Å². The SMILES string of the molecule is C=CC(=O)OCC([SiH3])(OCCOC)OCCOC. The minimum Gasteiger partial charge on any atom is -0.457 e. The predicted molar refractivity (Wildman–Crippen MR) is 69.5 cm³/mol. The molecule has 0 rings (SSSR count). The highest BCUT2D eigenvalue weighted by molar-refractivity contribution is 6.13. The second-order valence-corrected chi connectivity index (χ2v) is 5.15. The van der Waals surface area contributed by atoms with Gasteiger partial charge in [0.05, 0.1) is 36.7 Å².